The lowest BCUT2D eigenvalue weighted by molar-refractivity contribution is -0.119. The monoisotopic (exact) mass is 242 g/mol. The predicted molar refractivity (Wildman–Crippen MR) is 64.2 cm³/mol. The van der Waals surface area contributed by atoms with Crippen LogP contribution in [0.1, 0.15) is 32.3 Å². The molecule has 0 radical (unpaired) electrons. The highest BCUT2D eigenvalue weighted by Gasteiger charge is 2.08. The number of benzene rings is 1. The maximum absolute atomic E-state index is 13.4. The molecule has 0 heterocycles. The summed E-state index contributed by atoms with van der Waals surface area (Å²) in [6.45, 7) is 4.00. The molecule has 3 heteroatoms. The van der Waals surface area contributed by atoms with Crippen LogP contribution in [0.15, 0.2) is 18.2 Å². The Morgan fingerprint density at radius 3 is 2.69 bits per heavy atom. The average Bonchev–Trinajstić information content (AvgIpc) is 2.15. The van der Waals surface area contributed by atoms with Gasteiger partial charge in [-0.2, -0.15) is 0 Å². The molecule has 0 bridgehead atoms. The molecule has 0 unspecified atom stereocenters. The molecular formula is C13H16ClFO. The van der Waals surface area contributed by atoms with Crippen LogP contribution in [0, 0.1) is 11.7 Å². The van der Waals surface area contributed by atoms with E-state index in [2.05, 4.69) is 0 Å². The van der Waals surface area contributed by atoms with E-state index in [1.165, 1.54) is 6.07 Å². The Morgan fingerprint density at radius 2 is 2.12 bits per heavy atom. The van der Waals surface area contributed by atoms with Crippen molar-refractivity contribution in [3.05, 3.63) is 34.6 Å². The van der Waals surface area contributed by atoms with Gasteiger partial charge < -0.3 is 0 Å². The van der Waals surface area contributed by atoms with Gasteiger partial charge in [0.15, 0.2) is 0 Å². The van der Waals surface area contributed by atoms with Crippen LogP contribution < -0.4 is 0 Å². The second kappa shape index (κ2) is 6.00. The molecule has 1 aromatic rings. The Kier molecular flexibility index (Phi) is 4.94. The van der Waals surface area contributed by atoms with Gasteiger partial charge in [-0.15, -0.1) is 0 Å². The van der Waals surface area contributed by atoms with Crippen LogP contribution in [0.2, 0.25) is 5.02 Å². The van der Waals surface area contributed by atoms with Gasteiger partial charge in [-0.05, 0) is 30.0 Å². The van der Waals surface area contributed by atoms with Gasteiger partial charge in [-0.3, -0.25) is 4.79 Å². The molecule has 1 aromatic carbocycles. The number of rotatable bonds is 5. The number of halogens is 2. The van der Waals surface area contributed by atoms with Crippen molar-refractivity contribution in [2.75, 3.05) is 0 Å². The minimum atomic E-state index is -0.329. The van der Waals surface area contributed by atoms with Crippen molar-refractivity contribution < 1.29 is 9.18 Å². The van der Waals surface area contributed by atoms with E-state index in [4.69, 9.17) is 11.6 Å². The topological polar surface area (TPSA) is 17.1 Å². The Balaban J connectivity index is 2.51. The number of hydrogen-bond donors (Lipinski definition) is 0. The van der Waals surface area contributed by atoms with E-state index in [1.54, 1.807) is 12.1 Å². The first-order chi connectivity index (χ1) is 7.49. The molecule has 0 aliphatic carbocycles. The zero-order valence-corrected chi connectivity index (χ0v) is 10.4. The van der Waals surface area contributed by atoms with Gasteiger partial charge in [0, 0.05) is 17.9 Å². The number of Topliss-reactive ketones (excluding diaryl/α,β-unsaturated/α-hetero) is 1. The molecule has 0 aliphatic heterocycles. The molecule has 16 heavy (non-hydrogen) atoms. The Bertz CT molecular complexity index is 374. The summed E-state index contributed by atoms with van der Waals surface area (Å²) in [5, 5.41) is 0.384. The molecule has 0 saturated heterocycles. The van der Waals surface area contributed by atoms with Gasteiger partial charge in [0.25, 0.3) is 0 Å². The molecule has 0 N–H and O–H groups in total. The van der Waals surface area contributed by atoms with Crippen LogP contribution in [0.25, 0.3) is 0 Å². The molecule has 0 saturated carbocycles. The number of ketones is 1. The first-order valence-corrected chi connectivity index (χ1v) is 5.82. The van der Waals surface area contributed by atoms with Crippen molar-refractivity contribution in [3.8, 4) is 0 Å². The van der Waals surface area contributed by atoms with Gasteiger partial charge >= 0.3 is 0 Å². The molecule has 0 aromatic heterocycles. The molecule has 1 rings (SSSR count). The largest absolute Gasteiger partial charge is 0.300 e. The van der Waals surface area contributed by atoms with Crippen LogP contribution in [0.5, 0.6) is 0 Å². The highest BCUT2D eigenvalue weighted by Crippen LogP contribution is 2.16. The van der Waals surface area contributed by atoms with Crippen molar-refractivity contribution in [2.45, 2.75) is 33.1 Å². The van der Waals surface area contributed by atoms with Gasteiger partial charge in [-0.25, -0.2) is 4.39 Å². The number of carbonyl (C=O) groups is 1. The summed E-state index contributed by atoms with van der Waals surface area (Å²) in [6, 6.07) is 4.57. The first kappa shape index (κ1) is 13.2. The number of carbonyl (C=O) groups excluding carboxylic acids is 1. The highest BCUT2D eigenvalue weighted by atomic mass is 35.5. The molecule has 1 nitrogen and oxygen atoms in total. The van der Waals surface area contributed by atoms with Crippen molar-refractivity contribution in [3.63, 3.8) is 0 Å². The molecule has 0 amide bonds. The van der Waals surface area contributed by atoms with E-state index in [9.17, 15) is 9.18 Å². The third kappa shape index (κ3) is 4.31. The van der Waals surface area contributed by atoms with Crippen molar-refractivity contribution in [1.29, 1.82) is 0 Å². The van der Waals surface area contributed by atoms with Crippen LogP contribution in [0.4, 0.5) is 4.39 Å². The summed E-state index contributed by atoms with van der Waals surface area (Å²) in [6.07, 6.45) is 1.42. The van der Waals surface area contributed by atoms with Gasteiger partial charge in [0.1, 0.15) is 11.6 Å². The fourth-order valence-electron chi connectivity index (χ4n) is 1.56. The minimum absolute atomic E-state index is 0.185. The fourth-order valence-corrected chi connectivity index (χ4v) is 1.71. The zero-order valence-electron chi connectivity index (χ0n) is 9.59. The maximum atomic E-state index is 13.4. The molecule has 0 spiro atoms. The smallest absolute Gasteiger partial charge is 0.133 e. The number of hydrogen-bond acceptors (Lipinski definition) is 1. The molecule has 0 fully saturated rings. The van der Waals surface area contributed by atoms with E-state index < -0.39 is 0 Å². The Hall–Kier alpha value is -0.890. The normalized spacial score (nSPS) is 10.8. The van der Waals surface area contributed by atoms with E-state index in [-0.39, 0.29) is 11.6 Å². The average molecular weight is 243 g/mol. The summed E-state index contributed by atoms with van der Waals surface area (Å²) < 4.78 is 13.4. The summed E-state index contributed by atoms with van der Waals surface area (Å²) in [5.41, 5.74) is 0.557. The van der Waals surface area contributed by atoms with E-state index >= 15 is 0 Å². The summed E-state index contributed by atoms with van der Waals surface area (Å²) in [7, 11) is 0. The number of aryl methyl sites for hydroxylation is 1. The van der Waals surface area contributed by atoms with E-state index in [0.717, 1.165) is 0 Å². The van der Waals surface area contributed by atoms with Gasteiger partial charge in [0.05, 0.1) is 0 Å². The molecule has 0 aliphatic rings. The van der Waals surface area contributed by atoms with Crippen molar-refractivity contribution in [2.24, 2.45) is 5.92 Å². The lowest BCUT2D eigenvalue weighted by Gasteiger charge is -2.05. The quantitative estimate of drug-likeness (QED) is 0.762. The predicted octanol–water partition coefficient (Wildman–Crippen LogP) is 4.03. The zero-order chi connectivity index (χ0) is 12.1. The molecule has 0 atom stereocenters. The van der Waals surface area contributed by atoms with E-state index in [0.29, 0.717) is 35.8 Å². The van der Waals surface area contributed by atoms with Gasteiger partial charge in [-0.1, -0.05) is 31.5 Å². The molecular weight excluding hydrogens is 227 g/mol. The lowest BCUT2D eigenvalue weighted by atomic mass is 10.0. The minimum Gasteiger partial charge on any atom is -0.300 e. The standard InChI is InChI=1S/C13H16ClFO/c1-9(2)7-12(16)6-4-10-3-5-11(14)8-13(10)15/h3,5,8-9H,4,6-7H2,1-2H3. The third-order valence-electron chi connectivity index (χ3n) is 2.32. The summed E-state index contributed by atoms with van der Waals surface area (Å²) in [4.78, 5) is 11.5. The summed E-state index contributed by atoms with van der Waals surface area (Å²) in [5.74, 6) is 0.219. The van der Waals surface area contributed by atoms with Gasteiger partial charge in [0.2, 0.25) is 0 Å². The Morgan fingerprint density at radius 1 is 1.44 bits per heavy atom. The SMILES string of the molecule is CC(C)CC(=O)CCc1ccc(Cl)cc1F. The Labute approximate surface area is 101 Å². The second-order valence-corrected chi connectivity index (χ2v) is 4.81. The van der Waals surface area contributed by atoms with Crippen LogP contribution in [-0.2, 0) is 11.2 Å². The lowest BCUT2D eigenvalue weighted by Crippen LogP contribution is -2.04. The van der Waals surface area contributed by atoms with Crippen LogP contribution in [0.3, 0.4) is 0 Å². The summed E-state index contributed by atoms with van der Waals surface area (Å²) >= 11 is 5.64. The highest BCUT2D eigenvalue weighted by molar-refractivity contribution is 6.30. The van der Waals surface area contributed by atoms with E-state index in [1.807, 2.05) is 13.8 Å². The van der Waals surface area contributed by atoms with Crippen molar-refractivity contribution in [1.82, 2.24) is 0 Å². The van der Waals surface area contributed by atoms with Crippen LogP contribution in [-0.4, -0.2) is 5.78 Å². The van der Waals surface area contributed by atoms with Crippen LogP contribution >= 0.6 is 11.6 Å². The maximum Gasteiger partial charge on any atom is 0.133 e. The molecule has 88 valence electrons. The first-order valence-electron chi connectivity index (χ1n) is 5.44. The second-order valence-electron chi connectivity index (χ2n) is 4.37. The van der Waals surface area contributed by atoms with Crippen molar-refractivity contribution >= 4 is 17.4 Å². The fraction of sp³-hybridized carbons (Fsp3) is 0.462. The third-order valence-corrected chi connectivity index (χ3v) is 2.56.